The molecule has 0 aromatic heterocycles. The monoisotopic (exact) mass is 549 g/mol. The number of benzene rings is 2. The van der Waals surface area contributed by atoms with Gasteiger partial charge in [0.25, 0.3) is 0 Å². The van der Waals surface area contributed by atoms with Gasteiger partial charge in [0, 0.05) is 18.8 Å². The van der Waals surface area contributed by atoms with Crippen molar-refractivity contribution in [3.05, 3.63) is 58.1 Å². The van der Waals surface area contributed by atoms with E-state index in [9.17, 15) is 14.4 Å². The van der Waals surface area contributed by atoms with E-state index in [1.807, 2.05) is 24.3 Å². The average molecular weight is 550 g/mol. The lowest BCUT2D eigenvalue weighted by Crippen LogP contribution is -2.45. The minimum absolute atomic E-state index is 0.0961. The molecule has 0 bridgehead atoms. The van der Waals surface area contributed by atoms with Crippen LogP contribution < -0.4 is 10.6 Å². The number of anilines is 2. The number of para-hydroxylation sites is 2. The maximum atomic E-state index is 12.6. The van der Waals surface area contributed by atoms with E-state index >= 15 is 0 Å². The van der Waals surface area contributed by atoms with Crippen molar-refractivity contribution in [2.45, 2.75) is 45.6 Å². The third kappa shape index (κ3) is 9.13. The molecule has 0 unspecified atom stereocenters. The molecule has 8 nitrogen and oxygen atoms in total. The quantitative estimate of drug-likeness (QED) is 0.417. The summed E-state index contributed by atoms with van der Waals surface area (Å²) in [5.74, 6) is -0.328. The number of ether oxygens (including phenoxy) is 2. The third-order valence-corrected chi connectivity index (χ3v) is 6.43. The van der Waals surface area contributed by atoms with Gasteiger partial charge in [-0.05, 0) is 63.3 Å². The minimum Gasteiger partial charge on any atom is -0.465 e. The molecule has 0 spiro atoms. The van der Waals surface area contributed by atoms with Gasteiger partial charge in [0.2, 0.25) is 5.91 Å². The number of alkyl carbamates (subject to hydrolysis) is 1. The Morgan fingerprint density at radius 2 is 1.65 bits per heavy atom. The van der Waals surface area contributed by atoms with E-state index in [4.69, 9.17) is 32.7 Å². The van der Waals surface area contributed by atoms with Gasteiger partial charge in [-0.1, -0.05) is 47.5 Å². The summed E-state index contributed by atoms with van der Waals surface area (Å²) in [6.07, 6.45) is 0.914. The second kappa shape index (κ2) is 13.0. The van der Waals surface area contributed by atoms with Crippen molar-refractivity contribution < 1.29 is 23.9 Å². The van der Waals surface area contributed by atoms with Crippen molar-refractivity contribution in [3.63, 3.8) is 0 Å². The first kappa shape index (κ1) is 28.6. The molecular weight excluding hydrogens is 517 g/mol. The lowest BCUT2D eigenvalue weighted by molar-refractivity contribution is -0.145. The van der Waals surface area contributed by atoms with Crippen molar-refractivity contribution >= 4 is 52.5 Å². The highest BCUT2D eigenvalue weighted by molar-refractivity contribution is 6.39. The fourth-order valence-corrected chi connectivity index (χ4v) is 4.38. The number of likely N-dealkylation sites (tertiary alicyclic amines) is 1. The zero-order valence-electron chi connectivity index (χ0n) is 21.3. The molecule has 2 N–H and O–H groups in total. The first-order valence-electron chi connectivity index (χ1n) is 12.2. The summed E-state index contributed by atoms with van der Waals surface area (Å²) >= 11 is 12.5. The average Bonchev–Trinajstić information content (AvgIpc) is 2.84. The predicted octanol–water partition coefficient (Wildman–Crippen LogP) is 5.59. The Bertz CT molecular complexity index is 1090. The van der Waals surface area contributed by atoms with Crippen LogP contribution in [0.1, 0.15) is 39.2 Å². The summed E-state index contributed by atoms with van der Waals surface area (Å²) in [5.41, 5.74) is 1.45. The minimum atomic E-state index is -0.620. The predicted molar refractivity (Wildman–Crippen MR) is 144 cm³/mol. The van der Waals surface area contributed by atoms with Gasteiger partial charge in [0.1, 0.15) is 12.1 Å². The number of rotatable bonds is 8. The van der Waals surface area contributed by atoms with Crippen LogP contribution in [0.25, 0.3) is 0 Å². The van der Waals surface area contributed by atoms with Gasteiger partial charge in [-0.3, -0.25) is 9.59 Å². The molecule has 0 aliphatic carbocycles. The smallest absolute Gasteiger partial charge is 0.408 e. The summed E-state index contributed by atoms with van der Waals surface area (Å²) in [5, 5.41) is 6.68. The van der Waals surface area contributed by atoms with Crippen molar-refractivity contribution in [1.29, 1.82) is 0 Å². The Kier molecular flexibility index (Phi) is 10.1. The Labute approximate surface area is 227 Å². The summed E-state index contributed by atoms with van der Waals surface area (Å²) in [7, 11) is 0. The summed E-state index contributed by atoms with van der Waals surface area (Å²) in [6.45, 7) is 6.56. The van der Waals surface area contributed by atoms with Crippen LogP contribution in [0.15, 0.2) is 42.5 Å². The zero-order chi connectivity index (χ0) is 27.0. The van der Waals surface area contributed by atoms with Crippen LogP contribution in [0.4, 0.5) is 16.2 Å². The molecule has 2 aromatic carbocycles. The third-order valence-electron chi connectivity index (χ3n) is 5.80. The lowest BCUT2D eigenvalue weighted by Gasteiger charge is -2.32. The topological polar surface area (TPSA) is 97.0 Å². The molecule has 0 atom stereocenters. The van der Waals surface area contributed by atoms with Gasteiger partial charge in [-0.25, -0.2) is 4.79 Å². The van der Waals surface area contributed by atoms with Crippen LogP contribution in [-0.4, -0.2) is 54.7 Å². The highest BCUT2D eigenvalue weighted by Crippen LogP contribution is 2.33. The SMILES string of the molecule is CC(C)(C)OC(=O)NCC(=O)N1CCC(COC(=O)Cc2ccccc2Nc2c(Cl)cccc2Cl)CC1. The van der Waals surface area contributed by atoms with Crippen LogP contribution in [0.2, 0.25) is 10.0 Å². The molecule has 200 valence electrons. The van der Waals surface area contributed by atoms with Gasteiger partial charge in [0.05, 0.1) is 28.8 Å². The van der Waals surface area contributed by atoms with E-state index in [0.29, 0.717) is 48.3 Å². The number of hydrogen-bond donors (Lipinski definition) is 2. The molecule has 1 heterocycles. The number of carbonyl (C=O) groups excluding carboxylic acids is 3. The molecule has 0 radical (unpaired) electrons. The highest BCUT2D eigenvalue weighted by Gasteiger charge is 2.25. The van der Waals surface area contributed by atoms with Gasteiger partial charge in [0.15, 0.2) is 0 Å². The lowest BCUT2D eigenvalue weighted by atomic mass is 9.98. The molecule has 0 saturated carbocycles. The van der Waals surface area contributed by atoms with E-state index in [2.05, 4.69) is 10.6 Å². The van der Waals surface area contributed by atoms with Gasteiger partial charge in [-0.15, -0.1) is 0 Å². The van der Waals surface area contributed by atoms with Crippen LogP contribution in [0.3, 0.4) is 0 Å². The Balaban J connectivity index is 1.43. The normalized spacial score (nSPS) is 14.1. The number of amides is 2. The van der Waals surface area contributed by atoms with Crippen molar-refractivity contribution in [1.82, 2.24) is 10.2 Å². The fraction of sp³-hybridized carbons (Fsp3) is 0.444. The van der Waals surface area contributed by atoms with Gasteiger partial charge in [-0.2, -0.15) is 0 Å². The molecule has 1 aliphatic heterocycles. The molecule has 1 saturated heterocycles. The number of hydrogen-bond acceptors (Lipinski definition) is 6. The first-order chi connectivity index (χ1) is 17.5. The van der Waals surface area contributed by atoms with Crippen LogP contribution in [0, 0.1) is 5.92 Å². The van der Waals surface area contributed by atoms with Gasteiger partial charge < -0.3 is 25.0 Å². The number of halogens is 2. The Morgan fingerprint density at radius 1 is 1.00 bits per heavy atom. The van der Waals surface area contributed by atoms with Crippen molar-refractivity contribution in [2.75, 3.05) is 31.6 Å². The van der Waals surface area contributed by atoms with Crippen LogP contribution in [0.5, 0.6) is 0 Å². The molecule has 1 fully saturated rings. The number of carbonyl (C=O) groups is 3. The maximum absolute atomic E-state index is 12.6. The Hall–Kier alpha value is -2.97. The molecule has 10 heteroatoms. The second-order valence-electron chi connectivity index (χ2n) is 9.92. The van der Waals surface area contributed by atoms with Crippen LogP contribution in [-0.2, 0) is 25.5 Å². The maximum Gasteiger partial charge on any atom is 0.408 e. The second-order valence-corrected chi connectivity index (χ2v) is 10.7. The molecule has 2 aromatic rings. The highest BCUT2D eigenvalue weighted by atomic mass is 35.5. The standard InChI is InChI=1S/C27H33Cl2N3O5/c1-27(2,3)37-26(35)30-16-23(33)32-13-11-18(12-14-32)17-36-24(34)15-19-7-4-5-10-22(19)31-25-20(28)8-6-9-21(25)29/h4-10,18,31H,11-17H2,1-3H3,(H,30,35). The van der Waals surface area contributed by atoms with E-state index in [0.717, 1.165) is 11.3 Å². The summed E-state index contributed by atoms with van der Waals surface area (Å²) in [4.78, 5) is 38.5. The molecule has 2 amide bonds. The first-order valence-corrected chi connectivity index (χ1v) is 13.0. The zero-order valence-corrected chi connectivity index (χ0v) is 22.8. The fourth-order valence-electron chi connectivity index (χ4n) is 3.89. The Morgan fingerprint density at radius 3 is 2.30 bits per heavy atom. The number of nitrogens with one attached hydrogen (secondary N) is 2. The number of esters is 1. The number of piperidine rings is 1. The van der Waals surface area contributed by atoms with Gasteiger partial charge >= 0.3 is 12.1 Å². The van der Waals surface area contributed by atoms with E-state index < -0.39 is 11.7 Å². The molecule has 3 rings (SSSR count). The summed E-state index contributed by atoms with van der Waals surface area (Å²) in [6, 6.07) is 12.7. The molecular formula is C27H33Cl2N3O5. The van der Waals surface area contributed by atoms with Crippen molar-refractivity contribution in [3.8, 4) is 0 Å². The summed E-state index contributed by atoms with van der Waals surface area (Å²) < 4.78 is 10.7. The van der Waals surface area contributed by atoms with E-state index in [1.54, 1.807) is 43.9 Å². The van der Waals surface area contributed by atoms with E-state index in [1.165, 1.54) is 0 Å². The largest absolute Gasteiger partial charge is 0.465 e. The van der Waals surface area contributed by atoms with Crippen molar-refractivity contribution in [2.24, 2.45) is 5.92 Å². The van der Waals surface area contributed by atoms with E-state index in [-0.39, 0.29) is 30.8 Å². The van der Waals surface area contributed by atoms with Crippen LogP contribution >= 0.6 is 23.2 Å². The molecule has 1 aliphatic rings. The molecule has 37 heavy (non-hydrogen) atoms. The number of nitrogens with zero attached hydrogens (tertiary/aromatic N) is 1.